The van der Waals surface area contributed by atoms with Crippen LogP contribution < -0.4 is 10.1 Å². The van der Waals surface area contributed by atoms with Crippen LogP contribution in [0.3, 0.4) is 0 Å². The van der Waals surface area contributed by atoms with Crippen molar-refractivity contribution in [2.75, 3.05) is 11.9 Å². The zero-order chi connectivity index (χ0) is 20.2. The fourth-order valence-electron chi connectivity index (χ4n) is 4.45. The molecular formula is C24H28N2O3. The minimum atomic E-state index is -0.220. The predicted molar refractivity (Wildman–Crippen MR) is 113 cm³/mol. The highest BCUT2D eigenvalue weighted by molar-refractivity contribution is 5.91. The second-order valence-corrected chi connectivity index (χ2v) is 7.98. The summed E-state index contributed by atoms with van der Waals surface area (Å²) in [4.78, 5) is 26.7. The van der Waals surface area contributed by atoms with Gasteiger partial charge in [0.25, 0.3) is 0 Å². The Balaban J connectivity index is 1.41. The molecule has 1 aliphatic heterocycles. The maximum atomic E-state index is 12.7. The fraction of sp³-hybridized carbons (Fsp3) is 0.417. The van der Waals surface area contributed by atoms with Gasteiger partial charge in [0.1, 0.15) is 5.75 Å². The van der Waals surface area contributed by atoms with E-state index >= 15 is 0 Å². The Hall–Kier alpha value is -2.82. The average Bonchev–Trinajstić information content (AvgIpc) is 3.22. The van der Waals surface area contributed by atoms with Crippen molar-refractivity contribution in [1.29, 1.82) is 0 Å². The summed E-state index contributed by atoms with van der Waals surface area (Å²) in [6.07, 6.45) is 6.11. The van der Waals surface area contributed by atoms with E-state index in [0.717, 1.165) is 36.3 Å². The molecule has 0 saturated heterocycles. The molecule has 0 bridgehead atoms. The van der Waals surface area contributed by atoms with Crippen molar-refractivity contribution in [3.05, 3.63) is 59.7 Å². The smallest absolute Gasteiger partial charge is 0.226 e. The molecule has 2 aromatic rings. The number of hydrogen-bond acceptors (Lipinski definition) is 3. The van der Waals surface area contributed by atoms with E-state index in [1.165, 1.54) is 18.4 Å². The molecule has 1 fully saturated rings. The van der Waals surface area contributed by atoms with Gasteiger partial charge in [0, 0.05) is 19.2 Å². The molecule has 152 valence electrons. The van der Waals surface area contributed by atoms with E-state index in [1.807, 2.05) is 42.5 Å². The first-order chi connectivity index (χ1) is 14.1. The summed E-state index contributed by atoms with van der Waals surface area (Å²) in [6.45, 7) is 2.22. The Labute approximate surface area is 172 Å². The molecule has 1 unspecified atom stereocenters. The third-order valence-electron chi connectivity index (χ3n) is 5.94. The van der Waals surface area contributed by atoms with Crippen molar-refractivity contribution in [2.24, 2.45) is 0 Å². The van der Waals surface area contributed by atoms with Crippen molar-refractivity contribution in [3.63, 3.8) is 0 Å². The number of carbonyl (C=O) groups excluding carboxylic acids is 2. The lowest BCUT2D eigenvalue weighted by Crippen LogP contribution is -2.40. The Morgan fingerprint density at radius 3 is 2.52 bits per heavy atom. The second-order valence-electron chi connectivity index (χ2n) is 7.98. The van der Waals surface area contributed by atoms with Crippen LogP contribution in [0.1, 0.15) is 56.2 Å². The molecular weight excluding hydrogens is 364 g/mol. The Bertz CT molecular complexity index is 872. The highest BCUT2D eigenvalue weighted by Gasteiger charge is 2.30. The van der Waals surface area contributed by atoms with Gasteiger partial charge in [-0.1, -0.05) is 24.3 Å². The molecule has 1 heterocycles. The quantitative estimate of drug-likeness (QED) is 0.816. The molecule has 1 N–H and O–H groups in total. The summed E-state index contributed by atoms with van der Waals surface area (Å²) in [7, 11) is 0. The van der Waals surface area contributed by atoms with E-state index in [9.17, 15) is 9.59 Å². The number of nitrogens with one attached hydrogen (secondary N) is 1. The number of benzene rings is 2. The van der Waals surface area contributed by atoms with Gasteiger partial charge in [-0.2, -0.15) is 0 Å². The van der Waals surface area contributed by atoms with Gasteiger partial charge in [-0.3, -0.25) is 9.59 Å². The van der Waals surface area contributed by atoms with E-state index in [-0.39, 0.29) is 24.3 Å². The first-order valence-corrected chi connectivity index (χ1v) is 10.5. The van der Waals surface area contributed by atoms with Gasteiger partial charge in [-0.25, -0.2) is 0 Å². The van der Waals surface area contributed by atoms with Crippen molar-refractivity contribution in [1.82, 2.24) is 4.90 Å². The summed E-state index contributed by atoms with van der Waals surface area (Å²) in [5.74, 6) is 0.756. The van der Waals surface area contributed by atoms with Gasteiger partial charge in [-0.15, -0.1) is 0 Å². The van der Waals surface area contributed by atoms with Gasteiger partial charge in [0.2, 0.25) is 11.8 Å². The molecule has 2 aliphatic rings. The molecule has 0 spiro atoms. The number of carbonyl (C=O) groups is 2. The summed E-state index contributed by atoms with van der Waals surface area (Å²) in [5, 5.41) is 2.97. The third kappa shape index (κ3) is 4.61. The van der Waals surface area contributed by atoms with Crippen molar-refractivity contribution >= 4 is 17.5 Å². The summed E-state index contributed by atoms with van der Waals surface area (Å²) in [5.41, 5.74) is 3.04. The molecule has 29 heavy (non-hydrogen) atoms. The lowest BCUT2D eigenvalue weighted by atomic mass is 9.90. The number of nitrogens with zero attached hydrogens (tertiary/aromatic N) is 1. The number of hydrogen-bond donors (Lipinski definition) is 1. The lowest BCUT2D eigenvalue weighted by molar-refractivity contribution is -0.132. The SMILES string of the molecule is CC(=O)N1CCc2ccccc2C1CC(=O)Nc1ccc(OC2CCCC2)cc1. The standard InChI is InChI=1S/C24H28N2O3/c1-17(27)26-15-14-18-6-2-5-9-22(18)23(26)16-24(28)25-19-10-12-21(13-11-19)29-20-7-3-4-8-20/h2,5-6,9-13,20,23H,3-4,7-8,14-16H2,1H3,(H,25,28). The van der Waals surface area contributed by atoms with E-state index in [0.29, 0.717) is 12.6 Å². The maximum Gasteiger partial charge on any atom is 0.226 e. The van der Waals surface area contributed by atoms with E-state index in [1.54, 1.807) is 11.8 Å². The van der Waals surface area contributed by atoms with E-state index in [2.05, 4.69) is 11.4 Å². The van der Waals surface area contributed by atoms with Crippen LogP contribution in [0.5, 0.6) is 5.75 Å². The molecule has 2 aromatic carbocycles. The van der Waals surface area contributed by atoms with Gasteiger partial charge < -0.3 is 15.0 Å². The maximum absolute atomic E-state index is 12.7. The Morgan fingerprint density at radius 1 is 1.07 bits per heavy atom. The van der Waals surface area contributed by atoms with Crippen LogP contribution in [0.2, 0.25) is 0 Å². The average molecular weight is 392 g/mol. The van der Waals surface area contributed by atoms with Crippen LogP contribution >= 0.6 is 0 Å². The van der Waals surface area contributed by atoms with Crippen LogP contribution in [-0.4, -0.2) is 29.4 Å². The number of fused-ring (bicyclic) bond motifs is 1. The van der Waals surface area contributed by atoms with E-state index in [4.69, 9.17) is 4.74 Å². The molecule has 1 atom stereocenters. The summed E-state index contributed by atoms with van der Waals surface area (Å²) >= 11 is 0. The molecule has 0 radical (unpaired) electrons. The lowest BCUT2D eigenvalue weighted by Gasteiger charge is -2.36. The van der Waals surface area contributed by atoms with Crippen LogP contribution in [0.25, 0.3) is 0 Å². The predicted octanol–water partition coefficient (Wildman–Crippen LogP) is 4.48. The molecule has 1 saturated carbocycles. The first-order valence-electron chi connectivity index (χ1n) is 10.5. The molecule has 5 nitrogen and oxygen atoms in total. The molecule has 0 aromatic heterocycles. The molecule has 4 rings (SSSR count). The Morgan fingerprint density at radius 2 is 1.79 bits per heavy atom. The van der Waals surface area contributed by atoms with E-state index < -0.39 is 0 Å². The zero-order valence-corrected chi connectivity index (χ0v) is 16.9. The highest BCUT2D eigenvalue weighted by Crippen LogP contribution is 2.32. The summed E-state index contributed by atoms with van der Waals surface area (Å²) < 4.78 is 5.98. The second kappa shape index (κ2) is 8.68. The normalized spacial score (nSPS) is 18.9. The first kappa shape index (κ1) is 19.5. The number of amides is 2. The topological polar surface area (TPSA) is 58.6 Å². The number of rotatable bonds is 5. The monoisotopic (exact) mass is 392 g/mol. The van der Waals surface area contributed by atoms with Gasteiger partial charge in [0.05, 0.1) is 18.6 Å². The van der Waals surface area contributed by atoms with Crippen molar-refractivity contribution < 1.29 is 14.3 Å². The minimum absolute atomic E-state index is 0.00529. The molecule has 5 heteroatoms. The van der Waals surface area contributed by atoms with Gasteiger partial charge in [0.15, 0.2) is 0 Å². The zero-order valence-electron chi connectivity index (χ0n) is 16.9. The molecule has 1 aliphatic carbocycles. The van der Waals surface area contributed by atoms with Crippen molar-refractivity contribution in [3.8, 4) is 5.75 Å². The fourth-order valence-corrected chi connectivity index (χ4v) is 4.45. The van der Waals surface area contributed by atoms with Crippen LogP contribution in [0.4, 0.5) is 5.69 Å². The molecule has 2 amide bonds. The number of ether oxygens (including phenoxy) is 1. The third-order valence-corrected chi connectivity index (χ3v) is 5.94. The van der Waals surface area contributed by atoms with Crippen LogP contribution in [0, 0.1) is 0 Å². The Kier molecular flexibility index (Phi) is 5.84. The minimum Gasteiger partial charge on any atom is -0.490 e. The highest BCUT2D eigenvalue weighted by atomic mass is 16.5. The number of anilines is 1. The van der Waals surface area contributed by atoms with Gasteiger partial charge >= 0.3 is 0 Å². The summed E-state index contributed by atoms with van der Waals surface area (Å²) in [6, 6.07) is 15.4. The van der Waals surface area contributed by atoms with Crippen LogP contribution in [-0.2, 0) is 16.0 Å². The van der Waals surface area contributed by atoms with Crippen LogP contribution in [0.15, 0.2) is 48.5 Å². The largest absolute Gasteiger partial charge is 0.490 e. The van der Waals surface area contributed by atoms with Gasteiger partial charge in [-0.05, 0) is 67.5 Å². The van der Waals surface area contributed by atoms with Crippen molar-refractivity contribution in [2.45, 2.75) is 57.6 Å².